The average molecular weight is 221 g/mol. The predicted molar refractivity (Wildman–Crippen MR) is 67.6 cm³/mol. The maximum Gasteiger partial charge on any atom is 0.241 e. The van der Waals surface area contributed by atoms with Gasteiger partial charge in [0, 0.05) is 32.5 Å². The summed E-state index contributed by atoms with van der Waals surface area (Å²) >= 11 is 0. The largest absolute Gasteiger partial charge is 0.399 e. The van der Waals surface area contributed by atoms with E-state index in [0.29, 0.717) is 6.54 Å². The topological polar surface area (TPSA) is 49.6 Å². The molecule has 1 aromatic rings. The van der Waals surface area contributed by atoms with Gasteiger partial charge >= 0.3 is 0 Å². The number of likely N-dealkylation sites (N-methyl/N-ethyl adjacent to an activating group) is 2. The van der Waals surface area contributed by atoms with E-state index in [9.17, 15) is 4.79 Å². The molecule has 0 saturated heterocycles. The molecular weight excluding hydrogens is 202 g/mol. The number of nitrogens with two attached hydrogens (primary N) is 1. The van der Waals surface area contributed by atoms with E-state index in [1.807, 2.05) is 37.1 Å². The zero-order chi connectivity index (χ0) is 12.3. The molecule has 0 atom stereocenters. The van der Waals surface area contributed by atoms with Crippen molar-refractivity contribution in [2.75, 3.05) is 38.3 Å². The van der Waals surface area contributed by atoms with Gasteiger partial charge in [0.15, 0.2) is 0 Å². The van der Waals surface area contributed by atoms with E-state index in [1.54, 1.807) is 19.0 Å². The number of amides is 1. The van der Waals surface area contributed by atoms with Gasteiger partial charge in [-0.25, -0.2) is 0 Å². The van der Waals surface area contributed by atoms with Crippen molar-refractivity contribution in [3.63, 3.8) is 0 Å². The van der Waals surface area contributed by atoms with Gasteiger partial charge < -0.3 is 15.5 Å². The number of hydrogen-bond donors (Lipinski definition) is 1. The minimum absolute atomic E-state index is 0.0805. The van der Waals surface area contributed by atoms with Gasteiger partial charge in [-0.15, -0.1) is 0 Å². The van der Waals surface area contributed by atoms with Crippen LogP contribution in [0, 0.1) is 6.92 Å². The first kappa shape index (κ1) is 12.4. The molecule has 4 heteroatoms. The van der Waals surface area contributed by atoms with Crippen molar-refractivity contribution in [1.29, 1.82) is 0 Å². The summed E-state index contributed by atoms with van der Waals surface area (Å²) in [7, 11) is 5.40. The molecule has 1 rings (SSSR count). The molecule has 0 aliphatic carbocycles. The lowest BCUT2D eigenvalue weighted by Crippen LogP contribution is -2.34. The average Bonchev–Trinajstić information content (AvgIpc) is 2.21. The molecule has 0 fully saturated rings. The van der Waals surface area contributed by atoms with E-state index < -0.39 is 0 Å². The van der Waals surface area contributed by atoms with Crippen molar-refractivity contribution in [2.45, 2.75) is 6.92 Å². The maximum absolute atomic E-state index is 11.5. The first-order valence-electron chi connectivity index (χ1n) is 5.19. The Kier molecular flexibility index (Phi) is 3.77. The number of aryl methyl sites for hydroxylation is 1. The maximum atomic E-state index is 11.5. The molecule has 0 aliphatic rings. The number of rotatable bonds is 3. The number of carbonyl (C=O) groups excluding carboxylic acids is 1. The first-order valence-corrected chi connectivity index (χ1v) is 5.19. The van der Waals surface area contributed by atoms with Crippen LogP contribution in [0.4, 0.5) is 11.4 Å². The van der Waals surface area contributed by atoms with E-state index in [0.717, 1.165) is 16.9 Å². The molecule has 2 N–H and O–H groups in total. The summed E-state index contributed by atoms with van der Waals surface area (Å²) in [4.78, 5) is 15.0. The van der Waals surface area contributed by atoms with Crippen LogP contribution in [0.3, 0.4) is 0 Å². The van der Waals surface area contributed by atoms with Crippen LogP contribution in [-0.4, -0.2) is 38.5 Å². The van der Waals surface area contributed by atoms with E-state index in [2.05, 4.69) is 0 Å². The molecule has 88 valence electrons. The summed E-state index contributed by atoms with van der Waals surface area (Å²) in [6.07, 6.45) is 0. The summed E-state index contributed by atoms with van der Waals surface area (Å²) in [5, 5.41) is 0. The van der Waals surface area contributed by atoms with Crippen LogP contribution in [-0.2, 0) is 4.79 Å². The predicted octanol–water partition coefficient (Wildman–Crippen LogP) is 1.10. The highest BCUT2D eigenvalue weighted by atomic mass is 16.2. The second kappa shape index (κ2) is 4.88. The highest BCUT2D eigenvalue weighted by Gasteiger charge is 2.09. The van der Waals surface area contributed by atoms with Crippen LogP contribution in [0.25, 0.3) is 0 Å². The van der Waals surface area contributed by atoms with Crippen LogP contribution in [0.5, 0.6) is 0 Å². The van der Waals surface area contributed by atoms with E-state index in [-0.39, 0.29) is 5.91 Å². The monoisotopic (exact) mass is 221 g/mol. The summed E-state index contributed by atoms with van der Waals surface area (Å²) in [6.45, 7) is 2.33. The summed E-state index contributed by atoms with van der Waals surface area (Å²) in [5.74, 6) is 0.0805. The molecule has 0 radical (unpaired) electrons. The Hall–Kier alpha value is -1.71. The molecule has 0 aromatic heterocycles. The third-order valence-corrected chi connectivity index (χ3v) is 2.57. The van der Waals surface area contributed by atoms with Crippen LogP contribution in [0.2, 0.25) is 0 Å². The molecule has 16 heavy (non-hydrogen) atoms. The number of benzene rings is 1. The van der Waals surface area contributed by atoms with Gasteiger partial charge in [0.2, 0.25) is 5.91 Å². The van der Waals surface area contributed by atoms with Crippen molar-refractivity contribution in [3.8, 4) is 0 Å². The Morgan fingerprint density at radius 2 is 1.94 bits per heavy atom. The van der Waals surface area contributed by atoms with Crippen molar-refractivity contribution < 1.29 is 4.79 Å². The van der Waals surface area contributed by atoms with Gasteiger partial charge in [-0.05, 0) is 30.7 Å². The fourth-order valence-corrected chi connectivity index (χ4v) is 1.33. The molecule has 1 aromatic carbocycles. The molecule has 0 bridgehead atoms. The zero-order valence-corrected chi connectivity index (χ0v) is 10.3. The van der Waals surface area contributed by atoms with Gasteiger partial charge in [-0.1, -0.05) is 0 Å². The molecule has 0 spiro atoms. The Labute approximate surface area is 96.6 Å². The summed E-state index contributed by atoms with van der Waals surface area (Å²) in [5.41, 5.74) is 8.55. The second-order valence-corrected chi connectivity index (χ2v) is 4.19. The molecule has 0 saturated carbocycles. The van der Waals surface area contributed by atoms with E-state index >= 15 is 0 Å². The number of nitrogens with zero attached hydrogens (tertiary/aromatic N) is 2. The smallest absolute Gasteiger partial charge is 0.241 e. The molecule has 0 unspecified atom stereocenters. The highest BCUT2D eigenvalue weighted by Crippen LogP contribution is 2.19. The lowest BCUT2D eigenvalue weighted by atomic mass is 10.1. The van der Waals surface area contributed by atoms with Gasteiger partial charge in [0.1, 0.15) is 0 Å². The Morgan fingerprint density at radius 3 is 2.44 bits per heavy atom. The quantitative estimate of drug-likeness (QED) is 0.778. The fraction of sp³-hybridized carbons (Fsp3) is 0.417. The van der Waals surface area contributed by atoms with Gasteiger partial charge in [0.25, 0.3) is 0 Å². The third kappa shape index (κ3) is 2.89. The first-order chi connectivity index (χ1) is 7.41. The summed E-state index contributed by atoms with van der Waals surface area (Å²) < 4.78 is 0. The van der Waals surface area contributed by atoms with Gasteiger partial charge in [0.05, 0.1) is 6.54 Å². The molecular formula is C12H19N3O. The Morgan fingerprint density at radius 1 is 1.31 bits per heavy atom. The standard InChI is InChI=1S/C12H19N3O/c1-9-7-10(5-6-11(9)13)15(4)8-12(16)14(2)3/h5-7H,8,13H2,1-4H3. The third-order valence-electron chi connectivity index (χ3n) is 2.57. The van der Waals surface area contributed by atoms with E-state index in [4.69, 9.17) is 5.73 Å². The Balaban J connectivity index is 2.77. The number of nitrogen functional groups attached to an aromatic ring is 1. The lowest BCUT2D eigenvalue weighted by Gasteiger charge is -2.21. The van der Waals surface area contributed by atoms with Crippen molar-refractivity contribution >= 4 is 17.3 Å². The SMILES string of the molecule is Cc1cc(N(C)CC(=O)N(C)C)ccc1N. The second-order valence-electron chi connectivity index (χ2n) is 4.19. The van der Waals surface area contributed by atoms with Gasteiger partial charge in [-0.3, -0.25) is 4.79 Å². The molecule has 0 heterocycles. The van der Waals surface area contributed by atoms with Crippen LogP contribution >= 0.6 is 0 Å². The van der Waals surface area contributed by atoms with Crippen molar-refractivity contribution in [1.82, 2.24) is 4.90 Å². The van der Waals surface area contributed by atoms with Crippen molar-refractivity contribution in [2.24, 2.45) is 0 Å². The number of hydrogen-bond acceptors (Lipinski definition) is 3. The Bertz CT molecular complexity index is 388. The highest BCUT2D eigenvalue weighted by molar-refractivity contribution is 5.81. The van der Waals surface area contributed by atoms with Gasteiger partial charge in [-0.2, -0.15) is 0 Å². The van der Waals surface area contributed by atoms with E-state index in [1.165, 1.54) is 0 Å². The summed E-state index contributed by atoms with van der Waals surface area (Å²) in [6, 6.07) is 5.77. The van der Waals surface area contributed by atoms with Crippen LogP contribution < -0.4 is 10.6 Å². The molecule has 1 amide bonds. The van der Waals surface area contributed by atoms with Crippen molar-refractivity contribution in [3.05, 3.63) is 23.8 Å². The molecule has 0 aliphatic heterocycles. The number of anilines is 2. The minimum Gasteiger partial charge on any atom is -0.399 e. The lowest BCUT2D eigenvalue weighted by molar-refractivity contribution is -0.127. The minimum atomic E-state index is 0.0805. The van der Waals surface area contributed by atoms with Crippen LogP contribution in [0.1, 0.15) is 5.56 Å². The zero-order valence-electron chi connectivity index (χ0n) is 10.3. The number of carbonyl (C=O) groups is 1. The van der Waals surface area contributed by atoms with Crippen LogP contribution in [0.15, 0.2) is 18.2 Å². The normalized spacial score (nSPS) is 10.0. The molecule has 4 nitrogen and oxygen atoms in total. The fourth-order valence-electron chi connectivity index (χ4n) is 1.33.